The highest BCUT2D eigenvalue weighted by molar-refractivity contribution is 9.10. The first-order valence-corrected chi connectivity index (χ1v) is 6.79. The SMILES string of the molecule is COC(=O)C(C)(CC(C)C)Nc1ccccc1Br. The summed E-state index contributed by atoms with van der Waals surface area (Å²) in [6.45, 7) is 6.05. The summed E-state index contributed by atoms with van der Waals surface area (Å²) in [6.07, 6.45) is 0.709. The van der Waals surface area contributed by atoms with Gasteiger partial charge in [-0.2, -0.15) is 0 Å². The van der Waals surface area contributed by atoms with Gasteiger partial charge in [-0.05, 0) is 47.3 Å². The van der Waals surface area contributed by atoms with E-state index < -0.39 is 5.54 Å². The topological polar surface area (TPSA) is 38.3 Å². The molecule has 0 fully saturated rings. The monoisotopic (exact) mass is 313 g/mol. The number of methoxy groups -OCH3 is 1. The molecule has 0 spiro atoms. The quantitative estimate of drug-likeness (QED) is 0.839. The second kappa shape index (κ2) is 6.23. The second-order valence-electron chi connectivity index (χ2n) is 5.03. The summed E-state index contributed by atoms with van der Waals surface area (Å²) in [7, 11) is 1.42. The molecule has 1 unspecified atom stereocenters. The summed E-state index contributed by atoms with van der Waals surface area (Å²) in [5.41, 5.74) is 0.179. The molecule has 1 aromatic rings. The minimum Gasteiger partial charge on any atom is -0.467 e. The fourth-order valence-corrected chi connectivity index (χ4v) is 2.47. The van der Waals surface area contributed by atoms with Crippen LogP contribution in [0.3, 0.4) is 0 Å². The van der Waals surface area contributed by atoms with Crippen LogP contribution in [0.15, 0.2) is 28.7 Å². The van der Waals surface area contributed by atoms with E-state index in [4.69, 9.17) is 4.74 Å². The van der Waals surface area contributed by atoms with E-state index in [1.165, 1.54) is 7.11 Å². The molecule has 4 heteroatoms. The van der Waals surface area contributed by atoms with Gasteiger partial charge in [-0.1, -0.05) is 26.0 Å². The molecule has 0 aliphatic carbocycles. The number of anilines is 1. The summed E-state index contributed by atoms with van der Waals surface area (Å²) in [6, 6.07) is 7.74. The maximum Gasteiger partial charge on any atom is 0.331 e. The normalized spacial score (nSPS) is 14.1. The molecule has 1 aromatic carbocycles. The molecule has 3 nitrogen and oxygen atoms in total. The van der Waals surface area contributed by atoms with Gasteiger partial charge in [0.2, 0.25) is 0 Å². The van der Waals surface area contributed by atoms with E-state index >= 15 is 0 Å². The third-order valence-corrected chi connectivity index (χ3v) is 3.43. The molecular formula is C14H20BrNO2. The Morgan fingerprint density at radius 3 is 2.56 bits per heavy atom. The molecule has 0 aliphatic rings. The molecule has 0 aliphatic heterocycles. The summed E-state index contributed by atoms with van der Waals surface area (Å²) >= 11 is 3.47. The smallest absolute Gasteiger partial charge is 0.331 e. The van der Waals surface area contributed by atoms with E-state index in [-0.39, 0.29) is 5.97 Å². The van der Waals surface area contributed by atoms with Gasteiger partial charge >= 0.3 is 5.97 Å². The van der Waals surface area contributed by atoms with Gasteiger partial charge in [0, 0.05) is 10.2 Å². The van der Waals surface area contributed by atoms with Gasteiger partial charge in [0.15, 0.2) is 0 Å². The molecule has 0 aromatic heterocycles. The van der Waals surface area contributed by atoms with Crippen molar-refractivity contribution in [1.29, 1.82) is 0 Å². The van der Waals surface area contributed by atoms with Crippen molar-refractivity contribution in [2.45, 2.75) is 32.7 Å². The zero-order valence-electron chi connectivity index (χ0n) is 11.3. The van der Waals surface area contributed by atoms with E-state index in [1.54, 1.807) is 0 Å². The van der Waals surface area contributed by atoms with Crippen LogP contribution in [-0.4, -0.2) is 18.6 Å². The molecule has 0 heterocycles. The minimum absolute atomic E-state index is 0.244. The number of rotatable bonds is 5. The highest BCUT2D eigenvalue weighted by Crippen LogP contribution is 2.28. The Balaban J connectivity index is 2.99. The average molecular weight is 314 g/mol. The molecule has 1 atom stereocenters. The van der Waals surface area contributed by atoms with Crippen molar-refractivity contribution in [3.05, 3.63) is 28.7 Å². The molecule has 100 valence electrons. The van der Waals surface area contributed by atoms with Gasteiger partial charge < -0.3 is 10.1 Å². The number of esters is 1. The second-order valence-corrected chi connectivity index (χ2v) is 5.88. The largest absolute Gasteiger partial charge is 0.467 e. The first-order valence-electron chi connectivity index (χ1n) is 6.00. The molecule has 0 saturated heterocycles. The van der Waals surface area contributed by atoms with E-state index in [2.05, 4.69) is 35.1 Å². The van der Waals surface area contributed by atoms with Crippen LogP contribution in [0.4, 0.5) is 5.69 Å². The lowest BCUT2D eigenvalue weighted by molar-refractivity contribution is -0.146. The van der Waals surface area contributed by atoms with Crippen LogP contribution in [0.2, 0.25) is 0 Å². The fraction of sp³-hybridized carbons (Fsp3) is 0.500. The van der Waals surface area contributed by atoms with Gasteiger partial charge in [-0.3, -0.25) is 0 Å². The van der Waals surface area contributed by atoms with Gasteiger partial charge in [-0.25, -0.2) is 4.79 Å². The lowest BCUT2D eigenvalue weighted by Gasteiger charge is -2.31. The number of halogens is 1. The Hall–Kier alpha value is -1.03. The molecule has 1 rings (SSSR count). The van der Waals surface area contributed by atoms with Crippen LogP contribution in [0.5, 0.6) is 0 Å². The van der Waals surface area contributed by atoms with Crippen LogP contribution in [0.1, 0.15) is 27.2 Å². The summed E-state index contributed by atoms with van der Waals surface area (Å²) in [5.74, 6) is 0.149. The maximum atomic E-state index is 12.0. The van der Waals surface area contributed by atoms with Crippen molar-refractivity contribution in [3.63, 3.8) is 0 Å². The number of nitrogens with one attached hydrogen (secondary N) is 1. The van der Waals surface area contributed by atoms with Crippen molar-refractivity contribution in [3.8, 4) is 0 Å². The molecule has 0 radical (unpaired) electrons. The predicted octanol–water partition coefficient (Wildman–Crippen LogP) is 3.84. The lowest BCUT2D eigenvalue weighted by atomic mass is 9.90. The number of carbonyl (C=O) groups is 1. The average Bonchev–Trinajstić information content (AvgIpc) is 2.30. The highest BCUT2D eigenvalue weighted by Gasteiger charge is 2.35. The predicted molar refractivity (Wildman–Crippen MR) is 77.6 cm³/mol. The Morgan fingerprint density at radius 1 is 1.44 bits per heavy atom. The van der Waals surface area contributed by atoms with Crippen LogP contribution in [0, 0.1) is 5.92 Å². The first-order chi connectivity index (χ1) is 8.39. The standard InChI is InChI=1S/C14H20BrNO2/c1-10(2)9-14(3,13(17)18-4)16-12-8-6-5-7-11(12)15/h5-8,10,16H,9H2,1-4H3. The lowest BCUT2D eigenvalue weighted by Crippen LogP contribution is -2.45. The summed E-state index contributed by atoms with van der Waals surface area (Å²) in [4.78, 5) is 12.0. The maximum absolute atomic E-state index is 12.0. The van der Waals surface area contributed by atoms with Gasteiger partial charge in [-0.15, -0.1) is 0 Å². The van der Waals surface area contributed by atoms with Gasteiger partial charge in [0.25, 0.3) is 0 Å². The van der Waals surface area contributed by atoms with E-state index in [1.807, 2.05) is 31.2 Å². The highest BCUT2D eigenvalue weighted by atomic mass is 79.9. The van der Waals surface area contributed by atoms with Crippen molar-refractivity contribution in [2.24, 2.45) is 5.92 Å². The number of benzene rings is 1. The molecule has 0 saturated carbocycles. The Bertz CT molecular complexity index is 420. The molecule has 18 heavy (non-hydrogen) atoms. The number of hydrogen-bond acceptors (Lipinski definition) is 3. The van der Waals surface area contributed by atoms with Gasteiger partial charge in [0.1, 0.15) is 5.54 Å². The van der Waals surface area contributed by atoms with Crippen molar-refractivity contribution >= 4 is 27.6 Å². The Morgan fingerprint density at radius 2 is 2.06 bits per heavy atom. The number of carbonyl (C=O) groups excluding carboxylic acids is 1. The Kier molecular flexibility index (Phi) is 5.20. The zero-order valence-corrected chi connectivity index (χ0v) is 12.9. The van der Waals surface area contributed by atoms with Gasteiger partial charge in [0.05, 0.1) is 7.11 Å². The molecular weight excluding hydrogens is 294 g/mol. The number of ether oxygens (including phenoxy) is 1. The van der Waals surface area contributed by atoms with Crippen LogP contribution >= 0.6 is 15.9 Å². The third kappa shape index (κ3) is 3.73. The summed E-state index contributed by atoms with van der Waals surface area (Å²) in [5, 5.41) is 3.28. The molecule has 0 bridgehead atoms. The Labute approximate surface area is 117 Å². The fourth-order valence-electron chi connectivity index (χ4n) is 2.09. The first kappa shape index (κ1) is 15.0. The van der Waals surface area contributed by atoms with Crippen LogP contribution in [0.25, 0.3) is 0 Å². The van der Waals surface area contributed by atoms with E-state index in [0.29, 0.717) is 12.3 Å². The molecule has 1 N–H and O–H groups in total. The van der Waals surface area contributed by atoms with Crippen molar-refractivity contribution in [2.75, 3.05) is 12.4 Å². The molecule has 0 amide bonds. The number of para-hydroxylation sites is 1. The minimum atomic E-state index is -0.715. The van der Waals surface area contributed by atoms with Crippen molar-refractivity contribution in [1.82, 2.24) is 0 Å². The number of hydrogen-bond donors (Lipinski definition) is 1. The van der Waals surface area contributed by atoms with Crippen LogP contribution in [-0.2, 0) is 9.53 Å². The van der Waals surface area contributed by atoms with E-state index in [9.17, 15) is 4.79 Å². The van der Waals surface area contributed by atoms with Crippen LogP contribution < -0.4 is 5.32 Å². The summed E-state index contributed by atoms with van der Waals surface area (Å²) < 4.78 is 5.85. The zero-order chi connectivity index (χ0) is 13.8. The third-order valence-electron chi connectivity index (χ3n) is 2.74. The van der Waals surface area contributed by atoms with E-state index in [0.717, 1.165) is 10.2 Å². The van der Waals surface area contributed by atoms with Crippen molar-refractivity contribution < 1.29 is 9.53 Å².